The highest BCUT2D eigenvalue weighted by molar-refractivity contribution is 5.98. The molecule has 0 fully saturated rings. The van der Waals surface area contributed by atoms with Gasteiger partial charge in [0.15, 0.2) is 0 Å². The first kappa shape index (κ1) is 15.9. The molecule has 2 rings (SSSR count). The molecule has 22 heavy (non-hydrogen) atoms. The van der Waals surface area contributed by atoms with Gasteiger partial charge in [-0.3, -0.25) is 4.79 Å². The lowest BCUT2D eigenvalue weighted by Gasteiger charge is -2.30. The Hall–Kier alpha value is -2.50. The van der Waals surface area contributed by atoms with Crippen molar-refractivity contribution in [3.05, 3.63) is 41.1 Å². The van der Waals surface area contributed by atoms with Crippen LogP contribution in [0.15, 0.2) is 35.5 Å². The predicted octanol–water partition coefficient (Wildman–Crippen LogP) is 1.80. The Bertz CT molecular complexity index is 606. The summed E-state index contributed by atoms with van der Waals surface area (Å²) in [6.45, 7) is 4.24. The lowest BCUT2D eigenvalue weighted by Crippen LogP contribution is -2.46. The molecule has 1 aromatic carbocycles. The van der Waals surface area contributed by atoms with Crippen LogP contribution in [-0.4, -0.2) is 37.5 Å². The Balaban J connectivity index is 2.39. The molecule has 0 saturated carbocycles. The number of allylic oxidation sites excluding steroid dienone is 1. The van der Waals surface area contributed by atoms with E-state index in [1.165, 1.54) is 4.90 Å². The Kier molecular flexibility index (Phi) is 4.70. The molecule has 1 heterocycles. The number of urea groups is 1. The first-order valence-electron chi connectivity index (χ1n) is 7.16. The SMILES string of the molecule is CCOc1ccc([C@H]2NC(=O)NC(C)=C2C(=O)N(C)C)cc1. The summed E-state index contributed by atoms with van der Waals surface area (Å²) >= 11 is 0. The lowest BCUT2D eigenvalue weighted by atomic mass is 9.94. The van der Waals surface area contributed by atoms with Crippen LogP contribution in [0.3, 0.4) is 0 Å². The van der Waals surface area contributed by atoms with Crippen molar-refractivity contribution in [2.75, 3.05) is 20.7 Å². The third kappa shape index (κ3) is 3.21. The van der Waals surface area contributed by atoms with E-state index >= 15 is 0 Å². The second-order valence-electron chi connectivity index (χ2n) is 5.27. The topological polar surface area (TPSA) is 70.7 Å². The smallest absolute Gasteiger partial charge is 0.319 e. The summed E-state index contributed by atoms with van der Waals surface area (Å²) < 4.78 is 5.42. The Morgan fingerprint density at radius 2 is 1.91 bits per heavy atom. The van der Waals surface area contributed by atoms with E-state index in [0.29, 0.717) is 17.9 Å². The van der Waals surface area contributed by atoms with Gasteiger partial charge in [0.05, 0.1) is 18.2 Å². The van der Waals surface area contributed by atoms with Crippen LogP contribution in [0.2, 0.25) is 0 Å². The standard InChI is InChI=1S/C16H21N3O3/c1-5-22-12-8-6-11(7-9-12)14-13(15(20)19(3)4)10(2)17-16(21)18-14/h6-9,14H,5H2,1-4H3,(H2,17,18,21)/t14-/m1/s1. The van der Waals surface area contributed by atoms with Gasteiger partial charge in [-0.2, -0.15) is 0 Å². The van der Waals surface area contributed by atoms with Crippen molar-refractivity contribution in [3.8, 4) is 5.75 Å². The number of benzene rings is 1. The number of hydrogen-bond acceptors (Lipinski definition) is 3. The molecule has 0 aromatic heterocycles. The molecule has 0 saturated heterocycles. The number of likely N-dealkylation sites (N-methyl/N-ethyl adjacent to an activating group) is 1. The molecule has 3 amide bonds. The number of hydrogen-bond donors (Lipinski definition) is 2. The van der Waals surface area contributed by atoms with Crippen LogP contribution >= 0.6 is 0 Å². The molecule has 0 bridgehead atoms. The van der Waals surface area contributed by atoms with Crippen LogP contribution in [0, 0.1) is 0 Å². The van der Waals surface area contributed by atoms with E-state index in [0.717, 1.165) is 11.3 Å². The van der Waals surface area contributed by atoms with Crippen molar-refractivity contribution in [2.24, 2.45) is 0 Å². The highest BCUT2D eigenvalue weighted by Gasteiger charge is 2.31. The maximum Gasteiger partial charge on any atom is 0.319 e. The zero-order valence-electron chi connectivity index (χ0n) is 13.3. The van der Waals surface area contributed by atoms with E-state index in [1.54, 1.807) is 21.0 Å². The fraction of sp³-hybridized carbons (Fsp3) is 0.375. The maximum atomic E-state index is 12.4. The monoisotopic (exact) mass is 303 g/mol. The molecule has 0 spiro atoms. The van der Waals surface area contributed by atoms with E-state index in [-0.39, 0.29) is 11.9 Å². The number of carbonyl (C=O) groups excluding carboxylic acids is 2. The van der Waals surface area contributed by atoms with Crippen LogP contribution in [0.5, 0.6) is 5.75 Å². The zero-order valence-corrected chi connectivity index (χ0v) is 13.3. The van der Waals surface area contributed by atoms with Gasteiger partial charge in [0, 0.05) is 19.8 Å². The third-order valence-electron chi connectivity index (χ3n) is 3.43. The molecule has 1 aromatic rings. The van der Waals surface area contributed by atoms with E-state index in [4.69, 9.17) is 4.74 Å². The minimum absolute atomic E-state index is 0.135. The molecule has 1 atom stereocenters. The number of nitrogens with one attached hydrogen (secondary N) is 2. The molecule has 2 N–H and O–H groups in total. The van der Waals surface area contributed by atoms with E-state index in [9.17, 15) is 9.59 Å². The highest BCUT2D eigenvalue weighted by Crippen LogP contribution is 2.28. The first-order valence-corrected chi connectivity index (χ1v) is 7.16. The molecular weight excluding hydrogens is 282 g/mol. The van der Waals surface area contributed by atoms with Crippen molar-refractivity contribution in [3.63, 3.8) is 0 Å². The van der Waals surface area contributed by atoms with Crippen molar-refractivity contribution >= 4 is 11.9 Å². The Labute approximate surface area is 130 Å². The highest BCUT2D eigenvalue weighted by atomic mass is 16.5. The molecule has 118 valence electrons. The number of carbonyl (C=O) groups is 2. The summed E-state index contributed by atoms with van der Waals surface area (Å²) in [6, 6.07) is 6.60. The van der Waals surface area contributed by atoms with Gasteiger partial charge in [-0.15, -0.1) is 0 Å². The maximum absolute atomic E-state index is 12.4. The molecule has 0 aliphatic carbocycles. The van der Waals surface area contributed by atoms with E-state index in [1.807, 2.05) is 31.2 Å². The molecule has 1 aliphatic heterocycles. The fourth-order valence-electron chi connectivity index (χ4n) is 2.39. The minimum Gasteiger partial charge on any atom is -0.494 e. The van der Waals surface area contributed by atoms with Crippen molar-refractivity contribution in [1.29, 1.82) is 0 Å². The summed E-state index contributed by atoms with van der Waals surface area (Å²) in [7, 11) is 3.38. The summed E-state index contributed by atoms with van der Waals surface area (Å²) in [5.41, 5.74) is 1.94. The quantitative estimate of drug-likeness (QED) is 0.891. The second kappa shape index (κ2) is 6.51. The van der Waals surface area contributed by atoms with Crippen molar-refractivity contribution < 1.29 is 14.3 Å². The number of rotatable bonds is 4. The second-order valence-corrected chi connectivity index (χ2v) is 5.27. The van der Waals surface area contributed by atoms with Crippen LogP contribution in [0.4, 0.5) is 4.79 Å². The third-order valence-corrected chi connectivity index (χ3v) is 3.43. The normalized spacial score (nSPS) is 17.6. The molecule has 0 radical (unpaired) electrons. The van der Waals surface area contributed by atoms with Crippen molar-refractivity contribution in [1.82, 2.24) is 15.5 Å². The minimum atomic E-state index is -0.473. The first-order chi connectivity index (χ1) is 10.4. The largest absolute Gasteiger partial charge is 0.494 e. The van der Waals surface area contributed by atoms with Crippen LogP contribution < -0.4 is 15.4 Å². The number of amides is 3. The number of ether oxygens (including phenoxy) is 1. The van der Waals surface area contributed by atoms with Crippen LogP contribution in [-0.2, 0) is 4.79 Å². The fourth-order valence-corrected chi connectivity index (χ4v) is 2.39. The Morgan fingerprint density at radius 3 is 2.45 bits per heavy atom. The molecule has 6 nitrogen and oxygen atoms in total. The van der Waals surface area contributed by atoms with Gasteiger partial charge in [-0.25, -0.2) is 4.79 Å². The summed E-state index contributed by atoms with van der Waals surface area (Å²) in [5, 5.41) is 5.46. The lowest BCUT2D eigenvalue weighted by molar-refractivity contribution is -0.125. The Morgan fingerprint density at radius 1 is 1.27 bits per heavy atom. The van der Waals surface area contributed by atoms with Crippen LogP contribution in [0.25, 0.3) is 0 Å². The van der Waals surface area contributed by atoms with Gasteiger partial charge < -0.3 is 20.3 Å². The van der Waals surface area contributed by atoms with E-state index in [2.05, 4.69) is 10.6 Å². The van der Waals surface area contributed by atoms with Crippen molar-refractivity contribution in [2.45, 2.75) is 19.9 Å². The average Bonchev–Trinajstić information content (AvgIpc) is 2.47. The summed E-state index contributed by atoms with van der Waals surface area (Å²) in [5.74, 6) is 0.622. The van der Waals surface area contributed by atoms with Gasteiger partial charge in [0.2, 0.25) is 0 Å². The van der Waals surface area contributed by atoms with Gasteiger partial charge >= 0.3 is 6.03 Å². The predicted molar refractivity (Wildman–Crippen MR) is 83.4 cm³/mol. The molecule has 6 heteroatoms. The molecular formula is C16H21N3O3. The average molecular weight is 303 g/mol. The van der Waals surface area contributed by atoms with Crippen LogP contribution in [0.1, 0.15) is 25.5 Å². The summed E-state index contributed by atoms with van der Waals surface area (Å²) in [6.07, 6.45) is 0. The van der Waals surface area contributed by atoms with Gasteiger partial charge in [0.25, 0.3) is 5.91 Å². The van der Waals surface area contributed by atoms with Gasteiger partial charge in [0.1, 0.15) is 5.75 Å². The van der Waals surface area contributed by atoms with E-state index < -0.39 is 6.04 Å². The van der Waals surface area contributed by atoms with Gasteiger partial charge in [-0.05, 0) is 31.5 Å². The molecule has 0 unspecified atom stereocenters. The molecule has 1 aliphatic rings. The number of nitrogens with zero attached hydrogens (tertiary/aromatic N) is 1. The van der Waals surface area contributed by atoms with Gasteiger partial charge in [-0.1, -0.05) is 12.1 Å². The zero-order chi connectivity index (χ0) is 16.3. The summed E-state index contributed by atoms with van der Waals surface area (Å²) in [4.78, 5) is 25.7.